The highest BCUT2D eigenvalue weighted by Crippen LogP contribution is 2.30. The number of benzene rings is 1. The van der Waals surface area contributed by atoms with Gasteiger partial charge in [-0.1, -0.05) is 12.1 Å². The lowest BCUT2D eigenvalue weighted by Crippen LogP contribution is -2.03. The molecule has 1 fully saturated rings. The maximum atomic E-state index is 10.5. The highest BCUT2D eigenvalue weighted by molar-refractivity contribution is 5.37. The molecule has 0 amide bonds. The molecule has 0 aliphatic heterocycles. The lowest BCUT2D eigenvalue weighted by molar-refractivity contribution is 0.218. The van der Waals surface area contributed by atoms with Crippen molar-refractivity contribution in [1.29, 1.82) is 0 Å². The average molecular weight is 255 g/mol. The second-order valence-corrected chi connectivity index (χ2v) is 5.02. The Kier molecular flexibility index (Phi) is 3.22. The molecule has 1 aromatic carbocycles. The zero-order valence-electron chi connectivity index (χ0n) is 10.9. The first-order chi connectivity index (χ1) is 9.24. The second kappa shape index (κ2) is 5.02. The first kappa shape index (κ1) is 12.2. The summed E-state index contributed by atoms with van der Waals surface area (Å²) in [6.45, 7) is 1.98. The number of ether oxygens (including phenoxy) is 1. The molecule has 3 nitrogen and oxygen atoms in total. The lowest BCUT2D eigenvalue weighted by Gasteiger charge is -2.14. The van der Waals surface area contributed by atoms with Gasteiger partial charge in [-0.3, -0.25) is 4.98 Å². The van der Waals surface area contributed by atoms with E-state index in [4.69, 9.17) is 4.74 Å². The second-order valence-electron chi connectivity index (χ2n) is 5.02. The predicted octanol–water partition coefficient (Wildman–Crippen LogP) is 3.01. The Morgan fingerprint density at radius 3 is 2.89 bits per heavy atom. The van der Waals surface area contributed by atoms with E-state index in [0.717, 1.165) is 35.3 Å². The van der Waals surface area contributed by atoms with Gasteiger partial charge in [-0.2, -0.15) is 0 Å². The molecule has 1 saturated carbocycles. The van der Waals surface area contributed by atoms with E-state index < -0.39 is 6.10 Å². The van der Waals surface area contributed by atoms with Gasteiger partial charge in [0.2, 0.25) is 0 Å². The quantitative estimate of drug-likeness (QED) is 0.913. The molecule has 3 heteroatoms. The molecular weight excluding hydrogens is 238 g/mol. The zero-order chi connectivity index (χ0) is 13.2. The molecule has 1 N–H and O–H groups in total. The highest BCUT2D eigenvalue weighted by atomic mass is 16.5. The maximum Gasteiger partial charge on any atom is 0.120 e. The fraction of sp³-hybridized carbons (Fsp3) is 0.312. The molecule has 98 valence electrons. The Hall–Kier alpha value is -1.87. The van der Waals surface area contributed by atoms with Crippen LogP contribution in [0.5, 0.6) is 5.75 Å². The Morgan fingerprint density at radius 1 is 1.32 bits per heavy atom. The number of aliphatic hydroxyl groups excluding tert-OH is 1. The van der Waals surface area contributed by atoms with E-state index in [0.29, 0.717) is 6.10 Å². The van der Waals surface area contributed by atoms with Crippen molar-refractivity contribution in [3.63, 3.8) is 0 Å². The molecule has 0 bridgehead atoms. The Bertz CT molecular complexity index is 578. The van der Waals surface area contributed by atoms with Crippen molar-refractivity contribution < 1.29 is 9.84 Å². The standard InChI is InChI=1S/C16H17NO2/c1-11-7-8-17-10-15(11)16(18)12-3-2-4-14(9-12)19-13-5-6-13/h2-4,7-10,13,16,18H,5-6H2,1H3. The van der Waals surface area contributed by atoms with E-state index in [9.17, 15) is 5.11 Å². The van der Waals surface area contributed by atoms with Crippen LogP contribution in [0, 0.1) is 6.92 Å². The monoisotopic (exact) mass is 255 g/mol. The van der Waals surface area contributed by atoms with Gasteiger partial charge in [0.1, 0.15) is 11.9 Å². The van der Waals surface area contributed by atoms with Crippen LogP contribution in [0.3, 0.4) is 0 Å². The van der Waals surface area contributed by atoms with Gasteiger partial charge in [0, 0.05) is 18.0 Å². The number of aryl methyl sites for hydroxylation is 1. The summed E-state index contributed by atoms with van der Waals surface area (Å²) in [4.78, 5) is 4.08. The van der Waals surface area contributed by atoms with Crippen LogP contribution in [-0.4, -0.2) is 16.2 Å². The molecule has 3 rings (SSSR count). The van der Waals surface area contributed by atoms with Crippen LogP contribution < -0.4 is 4.74 Å². The van der Waals surface area contributed by atoms with E-state index in [-0.39, 0.29) is 0 Å². The minimum absolute atomic E-state index is 0.368. The number of aromatic nitrogens is 1. The summed E-state index contributed by atoms with van der Waals surface area (Å²) in [6.07, 6.45) is 5.43. The van der Waals surface area contributed by atoms with Crippen molar-refractivity contribution in [1.82, 2.24) is 4.98 Å². The van der Waals surface area contributed by atoms with Crippen LogP contribution in [0.15, 0.2) is 42.7 Å². The summed E-state index contributed by atoms with van der Waals surface area (Å²) in [5.41, 5.74) is 2.72. The number of pyridine rings is 1. The van der Waals surface area contributed by atoms with Crippen LogP contribution in [-0.2, 0) is 0 Å². The fourth-order valence-electron chi connectivity index (χ4n) is 2.08. The summed E-state index contributed by atoms with van der Waals surface area (Å²) in [5.74, 6) is 0.834. The first-order valence-electron chi connectivity index (χ1n) is 6.59. The molecule has 0 spiro atoms. The Balaban J connectivity index is 1.86. The number of rotatable bonds is 4. The zero-order valence-corrected chi connectivity index (χ0v) is 10.9. The topological polar surface area (TPSA) is 42.4 Å². The molecular formula is C16H17NO2. The van der Waals surface area contributed by atoms with Crippen LogP contribution >= 0.6 is 0 Å². The summed E-state index contributed by atoms with van der Waals surface area (Å²) in [7, 11) is 0. The summed E-state index contributed by atoms with van der Waals surface area (Å²) < 4.78 is 5.76. The predicted molar refractivity (Wildman–Crippen MR) is 73.1 cm³/mol. The van der Waals surface area contributed by atoms with E-state index in [1.54, 1.807) is 12.4 Å². The minimum atomic E-state index is -0.656. The number of nitrogens with zero attached hydrogens (tertiary/aromatic N) is 1. The normalized spacial score (nSPS) is 16.1. The largest absolute Gasteiger partial charge is 0.490 e. The van der Waals surface area contributed by atoms with Crippen LogP contribution in [0.25, 0.3) is 0 Å². The van der Waals surface area contributed by atoms with Crippen molar-refractivity contribution in [2.24, 2.45) is 0 Å². The van der Waals surface area contributed by atoms with Gasteiger partial charge in [0.15, 0.2) is 0 Å². The molecule has 19 heavy (non-hydrogen) atoms. The van der Waals surface area contributed by atoms with Crippen LogP contribution in [0.4, 0.5) is 0 Å². The molecule has 1 atom stereocenters. The molecule has 0 radical (unpaired) electrons. The van der Waals surface area contributed by atoms with Gasteiger partial charge in [-0.25, -0.2) is 0 Å². The van der Waals surface area contributed by atoms with Gasteiger partial charge in [-0.15, -0.1) is 0 Å². The fourth-order valence-corrected chi connectivity index (χ4v) is 2.08. The third kappa shape index (κ3) is 2.76. The van der Waals surface area contributed by atoms with Gasteiger partial charge in [0.05, 0.1) is 6.10 Å². The molecule has 1 aliphatic rings. The third-order valence-electron chi connectivity index (χ3n) is 3.38. The highest BCUT2D eigenvalue weighted by Gasteiger charge is 2.23. The summed E-state index contributed by atoms with van der Waals surface area (Å²) in [6, 6.07) is 9.59. The van der Waals surface area contributed by atoms with E-state index in [2.05, 4.69) is 4.98 Å². The van der Waals surface area contributed by atoms with Crippen molar-refractivity contribution in [3.8, 4) is 5.75 Å². The van der Waals surface area contributed by atoms with Crippen molar-refractivity contribution in [2.75, 3.05) is 0 Å². The molecule has 1 heterocycles. The first-order valence-corrected chi connectivity index (χ1v) is 6.59. The van der Waals surface area contributed by atoms with Gasteiger partial charge < -0.3 is 9.84 Å². The molecule has 0 saturated heterocycles. The van der Waals surface area contributed by atoms with Gasteiger partial charge >= 0.3 is 0 Å². The Morgan fingerprint density at radius 2 is 2.16 bits per heavy atom. The van der Waals surface area contributed by atoms with Crippen LogP contribution in [0.1, 0.15) is 35.6 Å². The SMILES string of the molecule is Cc1ccncc1C(O)c1cccc(OC2CC2)c1. The lowest BCUT2D eigenvalue weighted by atomic mass is 9.99. The smallest absolute Gasteiger partial charge is 0.120 e. The maximum absolute atomic E-state index is 10.5. The van der Waals surface area contributed by atoms with Crippen molar-refractivity contribution >= 4 is 0 Å². The van der Waals surface area contributed by atoms with E-state index >= 15 is 0 Å². The van der Waals surface area contributed by atoms with E-state index in [1.807, 2.05) is 37.3 Å². The van der Waals surface area contributed by atoms with Crippen LogP contribution in [0.2, 0.25) is 0 Å². The molecule has 1 unspecified atom stereocenters. The summed E-state index contributed by atoms with van der Waals surface area (Å²) in [5, 5.41) is 10.5. The Labute approximate surface area is 112 Å². The molecule has 1 aliphatic carbocycles. The van der Waals surface area contributed by atoms with Gasteiger partial charge in [0.25, 0.3) is 0 Å². The van der Waals surface area contributed by atoms with Gasteiger partial charge in [-0.05, 0) is 49.1 Å². The minimum Gasteiger partial charge on any atom is -0.490 e. The third-order valence-corrected chi connectivity index (χ3v) is 3.38. The number of hydrogen-bond acceptors (Lipinski definition) is 3. The number of aliphatic hydroxyl groups is 1. The average Bonchev–Trinajstić information content (AvgIpc) is 3.23. The van der Waals surface area contributed by atoms with E-state index in [1.165, 1.54) is 0 Å². The summed E-state index contributed by atoms with van der Waals surface area (Å²) >= 11 is 0. The molecule has 2 aromatic rings. The molecule has 1 aromatic heterocycles. The number of hydrogen-bond donors (Lipinski definition) is 1. The van der Waals surface area contributed by atoms with Crippen molar-refractivity contribution in [2.45, 2.75) is 32.0 Å². The van der Waals surface area contributed by atoms with Crippen molar-refractivity contribution in [3.05, 3.63) is 59.4 Å².